The van der Waals surface area contributed by atoms with Gasteiger partial charge in [-0.15, -0.1) is 0 Å². The van der Waals surface area contributed by atoms with Gasteiger partial charge in [0.05, 0.1) is 0 Å². The Kier molecular flexibility index (Phi) is 5.57. The number of nitrogens with zero attached hydrogens (tertiary/aromatic N) is 1. The molecule has 0 saturated carbocycles. The summed E-state index contributed by atoms with van der Waals surface area (Å²) in [6.45, 7) is 2.37. The molecule has 62 valence electrons. The van der Waals surface area contributed by atoms with Crippen molar-refractivity contribution in [2.45, 2.75) is 12.5 Å². The second-order valence-electron chi connectivity index (χ2n) is 2.61. The summed E-state index contributed by atoms with van der Waals surface area (Å²) in [5, 5.41) is 3.31. The molecule has 1 N–H and O–H groups in total. The van der Waals surface area contributed by atoms with Crippen molar-refractivity contribution >= 4 is 22.6 Å². The van der Waals surface area contributed by atoms with Crippen molar-refractivity contribution in [2.75, 3.05) is 32.1 Å². The molecule has 1 atom stereocenters. The number of likely N-dealkylation sites (N-methyl/N-ethyl adjacent to an activating group) is 1. The molecule has 1 aliphatic heterocycles. The number of halogens is 1. The second kappa shape index (κ2) is 6.37. The van der Waals surface area contributed by atoms with Gasteiger partial charge in [-0.1, -0.05) is 22.6 Å². The number of hydrogen-bond acceptors (Lipinski definition) is 2. The molecule has 2 nitrogen and oxygen atoms in total. The molecule has 1 aliphatic rings. The van der Waals surface area contributed by atoms with E-state index in [-0.39, 0.29) is 0 Å². The van der Waals surface area contributed by atoms with Gasteiger partial charge in [0.2, 0.25) is 0 Å². The zero-order valence-electron chi connectivity index (χ0n) is 7.73. The molecule has 0 aromatic carbocycles. The van der Waals surface area contributed by atoms with Gasteiger partial charge in [-0.3, -0.25) is 0 Å². The molecule has 1 unspecified atom stereocenters. The van der Waals surface area contributed by atoms with Crippen LogP contribution in [0.1, 0.15) is 7.79 Å². The molecule has 1 fully saturated rings. The lowest BCUT2D eigenvalue weighted by Crippen LogP contribution is -2.29. The van der Waals surface area contributed by atoms with Gasteiger partial charge in [0.1, 0.15) is 0 Å². The molecule has 3 heteroatoms. The Bertz CT molecular complexity index is 84.5. The number of hydrogen-bond donors (Lipinski definition) is 1. The van der Waals surface area contributed by atoms with Crippen LogP contribution in [0.4, 0.5) is 0 Å². The van der Waals surface area contributed by atoms with Crippen LogP contribution in [0.15, 0.2) is 0 Å². The van der Waals surface area contributed by atoms with Crippen LogP contribution in [0.2, 0.25) is 0 Å². The normalized spacial score (nSPS) is 25.6. The summed E-state index contributed by atoms with van der Waals surface area (Å²) < 4.78 is 6.20. The van der Waals surface area contributed by atoms with Crippen LogP contribution in [0.5, 0.6) is 0 Å². The average Bonchev–Trinajstić information content (AvgIpc) is 2.38. The first kappa shape index (κ1) is 8.74. The predicted octanol–water partition coefficient (Wildman–Crippen LogP) is 0.961. The van der Waals surface area contributed by atoms with Crippen molar-refractivity contribution in [1.82, 2.24) is 10.2 Å². The second-order valence-corrected chi connectivity index (χ2v) is 2.61. The summed E-state index contributed by atoms with van der Waals surface area (Å²) in [6, 6.07) is 0.787. The molecule has 0 aliphatic carbocycles. The third-order valence-electron chi connectivity index (χ3n) is 1.76. The van der Waals surface area contributed by atoms with Gasteiger partial charge < -0.3 is 10.2 Å². The molecule has 0 amide bonds. The van der Waals surface area contributed by atoms with Crippen LogP contribution >= 0.6 is 22.6 Å². The summed E-state index contributed by atoms with van der Waals surface area (Å²) in [7, 11) is 4.27. The van der Waals surface area contributed by atoms with Crippen molar-refractivity contribution in [3.05, 3.63) is 0 Å². The van der Waals surface area contributed by atoms with Crippen LogP contribution in [-0.4, -0.2) is 43.0 Å². The zero-order valence-corrected chi connectivity index (χ0v) is 8.89. The summed E-state index contributed by atoms with van der Waals surface area (Å²) in [5.41, 5.74) is 0. The van der Waals surface area contributed by atoms with Crippen molar-refractivity contribution in [1.29, 1.82) is 0 Å². The monoisotopic (exact) mass is 258 g/mol. The lowest BCUT2D eigenvalue weighted by Gasteiger charge is -2.16. The lowest BCUT2D eigenvalue weighted by molar-refractivity contribution is 0.313. The van der Waals surface area contributed by atoms with Gasteiger partial charge in [0.25, 0.3) is 0 Å². The number of alkyl halides is 1. The van der Waals surface area contributed by atoms with Crippen LogP contribution in [0, 0.1) is 0 Å². The number of rotatable bonds is 1. The predicted molar refractivity (Wildman–Crippen MR) is 54.9 cm³/mol. The molecule has 1 rings (SSSR count). The molecule has 1 heterocycles. The Hall–Kier alpha value is 0.650. The first-order valence-electron chi connectivity index (χ1n) is 4.15. The maximum atomic E-state index is 6.20. The van der Waals surface area contributed by atoms with Gasteiger partial charge in [0.15, 0.2) is 0 Å². The highest BCUT2D eigenvalue weighted by atomic mass is 127. The van der Waals surface area contributed by atoms with Gasteiger partial charge in [-0.25, -0.2) is 0 Å². The Morgan fingerprint density at radius 3 is 2.50 bits per heavy atom. The topological polar surface area (TPSA) is 15.3 Å². The van der Waals surface area contributed by atoms with E-state index in [9.17, 15) is 0 Å². The number of nitrogens with one attached hydrogen (secondary N) is 1. The summed E-state index contributed by atoms with van der Waals surface area (Å²) in [5.74, 6) is 0. The smallest absolute Gasteiger partial charge is 0.0341 e. The van der Waals surface area contributed by atoms with Crippen molar-refractivity contribution in [3.8, 4) is 0 Å². The van der Waals surface area contributed by atoms with Gasteiger partial charge in [-0.2, -0.15) is 0 Å². The van der Waals surface area contributed by atoms with Gasteiger partial charge in [0, 0.05) is 14.0 Å². The molecule has 10 heavy (non-hydrogen) atoms. The van der Waals surface area contributed by atoms with E-state index in [0.717, 1.165) is 6.04 Å². The largest absolute Gasteiger partial charge is 0.315 e. The molecule has 1 saturated heterocycles. The first-order valence-corrected chi connectivity index (χ1v) is 4.97. The standard InChI is InChI=1S/C6H14N2.CH3I/c1-8(2)6-3-4-7-5-6;1-2/h6-7H,3-5H2,1-2H3;1H3/i;1T. The summed E-state index contributed by atoms with van der Waals surface area (Å²) in [4.78, 5) is 2.75. The molecular weight excluding hydrogens is 239 g/mol. The minimum atomic E-state index is 0.470. The molecule has 0 radical (unpaired) electrons. The molecule has 0 aromatic heterocycles. The van der Waals surface area contributed by atoms with E-state index in [4.69, 9.17) is 1.37 Å². The Balaban J connectivity index is 0.000000292. The fraction of sp³-hybridized carbons (Fsp3) is 1.00. The third kappa shape index (κ3) is 3.73. The Morgan fingerprint density at radius 1 is 1.70 bits per heavy atom. The van der Waals surface area contributed by atoms with E-state index in [1.807, 2.05) is 22.6 Å². The molecular formula is C7H17IN2. The van der Waals surface area contributed by atoms with Crippen LogP contribution in [0.25, 0.3) is 0 Å². The van der Waals surface area contributed by atoms with Crippen molar-refractivity contribution in [3.63, 3.8) is 0 Å². The van der Waals surface area contributed by atoms with E-state index in [2.05, 4.69) is 24.3 Å². The maximum Gasteiger partial charge on any atom is 0.0341 e. The minimum Gasteiger partial charge on any atom is -0.315 e. The van der Waals surface area contributed by atoms with E-state index < -0.39 is 0 Å². The quantitative estimate of drug-likeness (QED) is 0.556. The third-order valence-corrected chi connectivity index (χ3v) is 1.76. The summed E-state index contributed by atoms with van der Waals surface area (Å²) >= 11 is 1.96. The van der Waals surface area contributed by atoms with E-state index in [0.29, 0.717) is 4.91 Å². The highest BCUT2D eigenvalue weighted by Gasteiger charge is 2.14. The van der Waals surface area contributed by atoms with Gasteiger partial charge >= 0.3 is 0 Å². The molecule has 0 aromatic rings. The highest BCUT2D eigenvalue weighted by Crippen LogP contribution is 2.01. The lowest BCUT2D eigenvalue weighted by atomic mass is 10.2. The first-order chi connectivity index (χ1) is 5.22. The maximum absolute atomic E-state index is 6.20. The van der Waals surface area contributed by atoms with Crippen molar-refractivity contribution in [2.24, 2.45) is 0 Å². The molecule has 0 bridgehead atoms. The average molecular weight is 258 g/mol. The van der Waals surface area contributed by atoms with Gasteiger partial charge in [-0.05, 0) is 32.0 Å². The fourth-order valence-electron chi connectivity index (χ4n) is 1.08. The van der Waals surface area contributed by atoms with E-state index >= 15 is 0 Å². The minimum absolute atomic E-state index is 0.470. The SMILES string of the molecule is CN(C)C1CCNC1.[3H]CI. The molecule has 0 spiro atoms. The Morgan fingerprint density at radius 2 is 2.30 bits per heavy atom. The zero-order chi connectivity index (χ0) is 8.69. The van der Waals surface area contributed by atoms with Crippen LogP contribution < -0.4 is 5.32 Å². The summed E-state index contributed by atoms with van der Waals surface area (Å²) in [6.07, 6.45) is 1.31. The van der Waals surface area contributed by atoms with E-state index in [1.165, 1.54) is 19.5 Å². The van der Waals surface area contributed by atoms with Crippen LogP contribution in [-0.2, 0) is 0 Å². The van der Waals surface area contributed by atoms with Crippen molar-refractivity contribution < 1.29 is 1.37 Å². The Labute approximate surface area is 78.9 Å². The highest BCUT2D eigenvalue weighted by molar-refractivity contribution is 14.1. The fourth-order valence-corrected chi connectivity index (χ4v) is 1.08. The van der Waals surface area contributed by atoms with Crippen LogP contribution in [0.3, 0.4) is 0 Å². The van der Waals surface area contributed by atoms with E-state index in [1.54, 1.807) is 0 Å².